The Kier molecular flexibility index (Phi) is 1.83. The molecule has 0 saturated heterocycles. The van der Waals surface area contributed by atoms with Gasteiger partial charge in [0.2, 0.25) is 0 Å². The van der Waals surface area contributed by atoms with Crippen molar-refractivity contribution in [3.8, 4) is 11.4 Å². The van der Waals surface area contributed by atoms with E-state index in [-0.39, 0.29) is 0 Å². The monoisotopic (exact) mass is 212 g/mol. The first kappa shape index (κ1) is 8.84. The van der Waals surface area contributed by atoms with Crippen LogP contribution in [-0.2, 0) is 0 Å². The minimum Gasteiger partial charge on any atom is -0.343 e. The van der Waals surface area contributed by atoms with Gasteiger partial charge in [0.15, 0.2) is 0 Å². The number of benzene rings is 1. The third-order valence-electron chi connectivity index (χ3n) is 2.48. The number of imidazole rings is 1. The summed E-state index contributed by atoms with van der Waals surface area (Å²) < 4.78 is 0. The molecule has 3 aromatic rings. The molecule has 1 aromatic carbocycles. The first-order valence-corrected chi connectivity index (χ1v) is 4.80. The van der Waals surface area contributed by atoms with E-state index in [2.05, 4.69) is 20.2 Å². The number of aldehydes is 1. The molecule has 0 spiro atoms. The highest BCUT2D eigenvalue weighted by molar-refractivity contribution is 5.95. The first-order chi connectivity index (χ1) is 7.88. The van der Waals surface area contributed by atoms with Crippen LogP contribution in [0, 0.1) is 0 Å². The highest BCUT2D eigenvalue weighted by Gasteiger charge is 2.09. The third kappa shape index (κ3) is 1.22. The van der Waals surface area contributed by atoms with Crippen LogP contribution in [0.3, 0.4) is 0 Å². The quantitative estimate of drug-likeness (QED) is 0.635. The van der Waals surface area contributed by atoms with E-state index in [0.29, 0.717) is 5.56 Å². The van der Waals surface area contributed by atoms with E-state index in [1.165, 1.54) is 0 Å². The van der Waals surface area contributed by atoms with Crippen LogP contribution in [0.25, 0.3) is 22.3 Å². The van der Waals surface area contributed by atoms with Gasteiger partial charge in [-0.1, -0.05) is 0 Å². The zero-order valence-corrected chi connectivity index (χ0v) is 8.27. The molecule has 0 saturated carbocycles. The average molecular weight is 212 g/mol. The van der Waals surface area contributed by atoms with Gasteiger partial charge in [0.1, 0.15) is 12.0 Å². The third-order valence-corrected chi connectivity index (χ3v) is 2.48. The molecular formula is C11H8N4O. The van der Waals surface area contributed by atoms with Gasteiger partial charge in [-0.15, -0.1) is 0 Å². The van der Waals surface area contributed by atoms with Gasteiger partial charge in [0, 0.05) is 10.9 Å². The summed E-state index contributed by atoms with van der Waals surface area (Å²) in [4.78, 5) is 17.7. The number of nitrogens with zero attached hydrogens (tertiary/aromatic N) is 2. The summed E-state index contributed by atoms with van der Waals surface area (Å²) in [6, 6.07) is 5.40. The lowest BCUT2D eigenvalue weighted by Gasteiger charge is -1.94. The summed E-state index contributed by atoms with van der Waals surface area (Å²) in [6.45, 7) is 0. The largest absolute Gasteiger partial charge is 0.343 e. The fourth-order valence-electron chi connectivity index (χ4n) is 1.70. The summed E-state index contributed by atoms with van der Waals surface area (Å²) in [7, 11) is 0. The molecular weight excluding hydrogens is 204 g/mol. The van der Waals surface area contributed by atoms with Gasteiger partial charge < -0.3 is 4.98 Å². The van der Waals surface area contributed by atoms with Gasteiger partial charge >= 0.3 is 0 Å². The van der Waals surface area contributed by atoms with Gasteiger partial charge in [-0.25, -0.2) is 4.98 Å². The molecule has 0 radical (unpaired) electrons. The second-order valence-corrected chi connectivity index (χ2v) is 3.46. The van der Waals surface area contributed by atoms with E-state index in [9.17, 15) is 4.79 Å². The van der Waals surface area contributed by atoms with Crippen LogP contribution in [0.1, 0.15) is 10.4 Å². The molecule has 0 bridgehead atoms. The minimum atomic E-state index is 0.634. The summed E-state index contributed by atoms with van der Waals surface area (Å²) in [5.74, 6) is 0. The number of nitrogens with one attached hydrogen (secondary N) is 2. The Morgan fingerprint density at radius 1 is 1.31 bits per heavy atom. The molecule has 3 rings (SSSR count). The Morgan fingerprint density at radius 2 is 2.25 bits per heavy atom. The molecule has 5 nitrogen and oxygen atoms in total. The molecule has 16 heavy (non-hydrogen) atoms. The van der Waals surface area contributed by atoms with Crippen molar-refractivity contribution < 1.29 is 4.79 Å². The maximum absolute atomic E-state index is 10.7. The normalized spacial score (nSPS) is 10.8. The Morgan fingerprint density at radius 3 is 3.00 bits per heavy atom. The van der Waals surface area contributed by atoms with Crippen molar-refractivity contribution in [2.75, 3.05) is 0 Å². The van der Waals surface area contributed by atoms with Gasteiger partial charge in [0.25, 0.3) is 0 Å². The Hall–Kier alpha value is -2.43. The predicted molar refractivity (Wildman–Crippen MR) is 59.1 cm³/mol. The van der Waals surface area contributed by atoms with Crippen molar-refractivity contribution in [1.82, 2.24) is 20.2 Å². The van der Waals surface area contributed by atoms with E-state index < -0.39 is 0 Å². The summed E-state index contributed by atoms with van der Waals surface area (Å²) in [5, 5.41) is 8.03. The van der Waals surface area contributed by atoms with Crippen molar-refractivity contribution in [3.05, 3.63) is 36.3 Å². The van der Waals surface area contributed by atoms with E-state index in [0.717, 1.165) is 28.6 Å². The summed E-state index contributed by atoms with van der Waals surface area (Å²) >= 11 is 0. The molecule has 0 aliphatic heterocycles. The molecule has 0 amide bonds. The highest BCUT2D eigenvalue weighted by Crippen LogP contribution is 2.24. The fraction of sp³-hybridized carbons (Fsp3) is 0. The zero-order valence-electron chi connectivity index (χ0n) is 8.27. The van der Waals surface area contributed by atoms with E-state index in [1.807, 2.05) is 12.1 Å². The molecule has 2 N–H and O–H groups in total. The van der Waals surface area contributed by atoms with Gasteiger partial charge in [-0.2, -0.15) is 5.10 Å². The number of carbonyl (C=O) groups is 1. The lowest BCUT2D eigenvalue weighted by atomic mass is 10.1. The number of aromatic amines is 2. The fourth-order valence-corrected chi connectivity index (χ4v) is 1.70. The van der Waals surface area contributed by atoms with Crippen LogP contribution in [0.5, 0.6) is 0 Å². The van der Waals surface area contributed by atoms with Crippen molar-refractivity contribution in [2.24, 2.45) is 0 Å². The van der Waals surface area contributed by atoms with Crippen molar-refractivity contribution >= 4 is 17.2 Å². The maximum Gasteiger partial charge on any atom is 0.150 e. The van der Waals surface area contributed by atoms with Crippen LogP contribution in [0.4, 0.5) is 0 Å². The van der Waals surface area contributed by atoms with Crippen LogP contribution in [0.2, 0.25) is 0 Å². The number of hydrogen-bond acceptors (Lipinski definition) is 3. The molecule has 0 aliphatic carbocycles. The van der Waals surface area contributed by atoms with Gasteiger partial charge in [-0.3, -0.25) is 9.89 Å². The SMILES string of the molecule is O=Cc1ccc2[nH]nc(-c3cnc[nH]3)c2c1. The molecule has 2 aromatic heterocycles. The Balaban J connectivity index is 2.29. The Labute approximate surface area is 90.5 Å². The lowest BCUT2D eigenvalue weighted by molar-refractivity contribution is 0.112. The number of H-pyrrole nitrogens is 2. The van der Waals surface area contributed by atoms with Crippen molar-refractivity contribution in [1.29, 1.82) is 0 Å². The first-order valence-electron chi connectivity index (χ1n) is 4.80. The average Bonchev–Trinajstić information content (AvgIpc) is 2.96. The highest BCUT2D eigenvalue weighted by atomic mass is 16.1. The topological polar surface area (TPSA) is 74.4 Å². The summed E-state index contributed by atoms with van der Waals surface area (Å²) in [6.07, 6.45) is 4.12. The second kappa shape index (κ2) is 3.30. The smallest absolute Gasteiger partial charge is 0.150 e. The van der Waals surface area contributed by atoms with Crippen LogP contribution < -0.4 is 0 Å². The van der Waals surface area contributed by atoms with E-state index in [1.54, 1.807) is 18.6 Å². The number of hydrogen-bond donors (Lipinski definition) is 2. The summed E-state index contributed by atoms with van der Waals surface area (Å²) in [5.41, 5.74) is 3.13. The standard InChI is InChI=1S/C11H8N4O/c16-5-7-1-2-9-8(3-7)11(15-14-9)10-4-12-6-13-10/h1-6H,(H,12,13)(H,14,15). The Bertz CT molecular complexity index is 639. The molecule has 78 valence electrons. The molecule has 5 heteroatoms. The zero-order chi connectivity index (χ0) is 11.0. The molecule has 0 unspecified atom stereocenters. The number of carbonyl (C=O) groups excluding carboxylic acids is 1. The maximum atomic E-state index is 10.7. The molecule has 0 fully saturated rings. The van der Waals surface area contributed by atoms with Gasteiger partial charge in [-0.05, 0) is 18.2 Å². The van der Waals surface area contributed by atoms with Crippen molar-refractivity contribution in [3.63, 3.8) is 0 Å². The van der Waals surface area contributed by atoms with Crippen LogP contribution >= 0.6 is 0 Å². The minimum absolute atomic E-state index is 0.634. The predicted octanol–water partition coefficient (Wildman–Crippen LogP) is 1.77. The molecule has 0 atom stereocenters. The second-order valence-electron chi connectivity index (χ2n) is 3.46. The van der Waals surface area contributed by atoms with Gasteiger partial charge in [0.05, 0.1) is 23.7 Å². The number of rotatable bonds is 2. The van der Waals surface area contributed by atoms with E-state index in [4.69, 9.17) is 0 Å². The number of fused-ring (bicyclic) bond motifs is 1. The van der Waals surface area contributed by atoms with Crippen LogP contribution in [0.15, 0.2) is 30.7 Å². The molecule has 0 aliphatic rings. The number of aromatic nitrogens is 4. The van der Waals surface area contributed by atoms with E-state index >= 15 is 0 Å². The molecule has 2 heterocycles. The lowest BCUT2D eigenvalue weighted by Crippen LogP contribution is -1.80. The van der Waals surface area contributed by atoms with Crippen molar-refractivity contribution in [2.45, 2.75) is 0 Å². The van der Waals surface area contributed by atoms with Crippen LogP contribution in [-0.4, -0.2) is 26.5 Å².